The van der Waals surface area contributed by atoms with Gasteiger partial charge in [0.2, 0.25) is 5.78 Å². The van der Waals surface area contributed by atoms with Crippen LogP contribution in [0.25, 0.3) is 0 Å². The third-order valence-electron chi connectivity index (χ3n) is 5.62. The standard InChI is InChI=1S/C28H20N2O10/c31-16-8-6-14(7-9-16)26(36)30-18-13-29-10-2-5-22(18)40-28(39)15-11-20(33)24(21(34)12-15)25(35)23-17(27(37)38)3-1-4-19(23)32/h1,3-13,31-34H,2H2,(H,30,36)(H,37,38). The van der Waals surface area contributed by atoms with Gasteiger partial charge in [-0.15, -0.1) is 0 Å². The lowest BCUT2D eigenvalue weighted by atomic mass is 9.95. The number of ether oxygens (including phenoxy) is 1. The van der Waals surface area contributed by atoms with E-state index in [9.17, 15) is 44.7 Å². The lowest BCUT2D eigenvalue weighted by molar-refractivity contribution is 0.0623. The number of carbonyl (C=O) groups is 4. The summed E-state index contributed by atoms with van der Waals surface area (Å²) in [5.41, 5.74) is -2.16. The second kappa shape index (κ2) is 11.2. The molecule has 3 aromatic carbocycles. The number of aliphatic imine (C=N–C) groups is 1. The van der Waals surface area contributed by atoms with E-state index in [-0.39, 0.29) is 29.2 Å². The van der Waals surface area contributed by atoms with Crippen molar-refractivity contribution in [1.29, 1.82) is 0 Å². The van der Waals surface area contributed by atoms with Gasteiger partial charge >= 0.3 is 11.9 Å². The van der Waals surface area contributed by atoms with Crippen LogP contribution in [-0.2, 0) is 4.74 Å². The van der Waals surface area contributed by atoms with Crippen molar-refractivity contribution in [3.8, 4) is 23.0 Å². The van der Waals surface area contributed by atoms with Crippen LogP contribution in [0.4, 0.5) is 0 Å². The van der Waals surface area contributed by atoms with Crippen LogP contribution in [0.2, 0.25) is 0 Å². The molecule has 0 saturated heterocycles. The van der Waals surface area contributed by atoms with Crippen molar-refractivity contribution in [3.05, 3.63) is 106 Å². The second-order valence-electron chi connectivity index (χ2n) is 8.29. The number of nitrogens with one attached hydrogen (secondary N) is 1. The zero-order chi connectivity index (χ0) is 29.0. The molecule has 202 valence electrons. The number of carbonyl (C=O) groups excluding carboxylic acids is 3. The SMILES string of the molecule is O=C(NC1=CN=CCC=C1OC(=O)c1cc(O)c(C(=O)c2c(O)cccc2C(=O)O)c(O)c1)c1ccc(O)cc1. The van der Waals surface area contributed by atoms with Crippen molar-refractivity contribution in [2.24, 2.45) is 4.99 Å². The number of aromatic hydroxyl groups is 4. The highest BCUT2D eigenvalue weighted by Gasteiger charge is 2.28. The Kier molecular flexibility index (Phi) is 7.62. The molecule has 4 rings (SSSR count). The van der Waals surface area contributed by atoms with Crippen molar-refractivity contribution < 1.29 is 49.4 Å². The van der Waals surface area contributed by atoms with Gasteiger partial charge in [0, 0.05) is 18.2 Å². The van der Waals surface area contributed by atoms with Gasteiger partial charge in [-0.1, -0.05) is 6.07 Å². The van der Waals surface area contributed by atoms with E-state index in [1.165, 1.54) is 48.8 Å². The van der Waals surface area contributed by atoms with Gasteiger partial charge < -0.3 is 35.6 Å². The zero-order valence-electron chi connectivity index (χ0n) is 20.4. The summed E-state index contributed by atoms with van der Waals surface area (Å²) in [4.78, 5) is 54.1. The molecule has 0 bridgehead atoms. The monoisotopic (exact) mass is 544 g/mol. The average molecular weight is 544 g/mol. The van der Waals surface area contributed by atoms with Gasteiger partial charge in [0.05, 0.1) is 22.9 Å². The molecular weight excluding hydrogens is 524 g/mol. The molecule has 12 heteroatoms. The van der Waals surface area contributed by atoms with Crippen LogP contribution >= 0.6 is 0 Å². The van der Waals surface area contributed by atoms with Crippen LogP contribution in [0.1, 0.15) is 53.4 Å². The summed E-state index contributed by atoms with van der Waals surface area (Å²) in [5.74, 6) is -7.00. The predicted molar refractivity (Wildman–Crippen MR) is 139 cm³/mol. The quantitative estimate of drug-likeness (QED) is 0.189. The molecule has 3 aromatic rings. The summed E-state index contributed by atoms with van der Waals surface area (Å²) in [6.45, 7) is 0. The number of rotatable bonds is 7. The Labute approximate surface area is 225 Å². The maximum absolute atomic E-state index is 13.0. The lowest BCUT2D eigenvalue weighted by Crippen LogP contribution is -2.25. The van der Waals surface area contributed by atoms with Gasteiger partial charge in [0.1, 0.15) is 34.3 Å². The van der Waals surface area contributed by atoms with E-state index in [0.717, 1.165) is 24.3 Å². The Morgan fingerprint density at radius 1 is 0.825 bits per heavy atom. The number of carboxylic acids is 1. The van der Waals surface area contributed by atoms with Crippen LogP contribution in [-0.4, -0.2) is 55.4 Å². The van der Waals surface area contributed by atoms with E-state index in [4.69, 9.17) is 4.74 Å². The Bertz CT molecular complexity index is 1610. The van der Waals surface area contributed by atoms with E-state index in [0.29, 0.717) is 0 Å². The summed E-state index contributed by atoms with van der Waals surface area (Å²) in [6, 6.07) is 10.4. The van der Waals surface area contributed by atoms with Crippen molar-refractivity contribution >= 4 is 29.8 Å². The third kappa shape index (κ3) is 5.65. The number of hydrogen-bond acceptors (Lipinski definition) is 10. The van der Waals surface area contributed by atoms with Gasteiger partial charge in [-0.25, -0.2) is 9.59 Å². The molecule has 1 aliphatic heterocycles. The molecule has 1 heterocycles. The number of ketones is 1. The Morgan fingerprint density at radius 3 is 2.15 bits per heavy atom. The molecule has 0 aliphatic carbocycles. The van der Waals surface area contributed by atoms with E-state index in [1.807, 2.05) is 0 Å². The summed E-state index contributed by atoms with van der Waals surface area (Å²) in [6.07, 6.45) is 4.40. The molecule has 0 aromatic heterocycles. The predicted octanol–water partition coefficient (Wildman–Crippen LogP) is 3.22. The lowest BCUT2D eigenvalue weighted by Gasteiger charge is -2.14. The molecule has 0 unspecified atom stereocenters. The summed E-state index contributed by atoms with van der Waals surface area (Å²) < 4.78 is 5.38. The zero-order valence-corrected chi connectivity index (χ0v) is 20.4. The fraction of sp³-hybridized carbons (Fsp3) is 0.0357. The molecule has 0 fully saturated rings. The highest BCUT2D eigenvalue weighted by Crippen LogP contribution is 2.35. The second-order valence-corrected chi connectivity index (χ2v) is 8.29. The number of phenols is 4. The van der Waals surface area contributed by atoms with Crippen LogP contribution in [0.15, 0.2) is 83.3 Å². The maximum Gasteiger partial charge on any atom is 0.343 e. The van der Waals surface area contributed by atoms with Crippen molar-refractivity contribution in [2.45, 2.75) is 6.42 Å². The number of hydrogen-bond donors (Lipinski definition) is 6. The molecule has 12 nitrogen and oxygen atoms in total. The number of esters is 1. The number of carboxylic acid groups (broad SMARTS) is 1. The molecule has 0 radical (unpaired) electrons. The van der Waals surface area contributed by atoms with Gasteiger partial charge in [-0.2, -0.15) is 0 Å². The highest BCUT2D eigenvalue weighted by molar-refractivity contribution is 6.18. The molecule has 6 N–H and O–H groups in total. The number of benzene rings is 3. The Hall–Kier alpha value is -5.91. The van der Waals surface area contributed by atoms with Gasteiger partial charge in [0.25, 0.3) is 5.91 Å². The first-order chi connectivity index (χ1) is 19.1. The van der Waals surface area contributed by atoms with Gasteiger partial charge in [-0.3, -0.25) is 14.6 Å². The van der Waals surface area contributed by atoms with E-state index in [2.05, 4.69) is 10.3 Å². The first-order valence-electron chi connectivity index (χ1n) is 11.5. The van der Waals surface area contributed by atoms with Gasteiger partial charge in [-0.05, 0) is 54.6 Å². The number of nitrogens with zero attached hydrogens (tertiary/aromatic N) is 1. The van der Waals surface area contributed by atoms with Crippen molar-refractivity contribution in [1.82, 2.24) is 5.32 Å². The fourth-order valence-electron chi connectivity index (χ4n) is 3.72. The minimum Gasteiger partial charge on any atom is -0.508 e. The average Bonchev–Trinajstić information content (AvgIpc) is 3.12. The highest BCUT2D eigenvalue weighted by atomic mass is 16.5. The fourth-order valence-corrected chi connectivity index (χ4v) is 3.72. The molecule has 0 spiro atoms. The summed E-state index contributed by atoms with van der Waals surface area (Å²) in [7, 11) is 0. The first-order valence-corrected chi connectivity index (χ1v) is 11.5. The summed E-state index contributed by atoms with van der Waals surface area (Å²) in [5, 5.41) is 52.4. The van der Waals surface area contributed by atoms with Gasteiger partial charge in [0.15, 0.2) is 5.76 Å². The topological polar surface area (TPSA) is 203 Å². The third-order valence-corrected chi connectivity index (χ3v) is 5.62. The normalized spacial score (nSPS) is 12.5. The molecule has 0 atom stereocenters. The smallest absolute Gasteiger partial charge is 0.343 e. The minimum atomic E-state index is -1.53. The van der Waals surface area contributed by atoms with Crippen molar-refractivity contribution in [2.75, 3.05) is 0 Å². The molecule has 0 saturated carbocycles. The molecule has 40 heavy (non-hydrogen) atoms. The minimum absolute atomic E-state index is 0.0150. The number of allylic oxidation sites excluding steroid dienone is 1. The summed E-state index contributed by atoms with van der Waals surface area (Å²) >= 11 is 0. The van der Waals surface area contributed by atoms with E-state index < -0.39 is 63.1 Å². The van der Waals surface area contributed by atoms with Crippen molar-refractivity contribution in [3.63, 3.8) is 0 Å². The molecule has 1 amide bonds. The molecular formula is C28H20N2O10. The molecule has 1 aliphatic rings. The van der Waals surface area contributed by atoms with Crippen LogP contribution in [0.5, 0.6) is 23.0 Å². The van der Waals surface area contributed by atoms with Crippen LogP contribution in [0, 0.1) is 0 Å². The van der Waals surface area contributed by atoms with Crippen LogP contribution in [0.3, 0.4) is 0 Å². The van der Waals surface area contributed by atoms with E-state index >= 15 is 0 Å². The van der Waals surface area contributed by atoms with Crippen LogP contribution < -0.4 is 5.32 Å². The Balaban J connectivity index is 1.58. The number of amides is 1. The first kappa shape index (κ1) is 27.1. The number of phenolic OH excluding ortho intramolecular Hbond substituents is 4. The maximum atomic E-state index is 13.0. The largest absolute Gasteiger partial charge is 0.508 e. The number of aromatic carboxylic acids is 1. The van der Waals surface area contributed by atoms with E-state index in [1.54, 1.807) is 0 Å². The Morgan fingerprint density at radius 2 is 1.50 bits per heavy atom.